The topological polar surface area (TPSA) is 85.4 Å². The molecule has 1 atom stereocenters. The van der Waals surface area contributed by atoms with E-state index in [1.807, 2.05) is 19.1 Å². The Morgan fingerprint density at radius 2 is 1.83 bits per heavy atom. The average molecular weight is 519 g/mol. The first kappa shape index (κ1) is 28.1. The van der Waals surface area contributed by atoms with Gasteiger partial charge in [-0.3, -0.25) is 9.52 Å². The lowest BCUT2D eigenvalue weighted by molar-refractivity contribution is -0.120. The fourth-order valence-corrected chi connectivity index (χ4v) is 5.37. The number of sulfonamides is 1. The van der Waals surface area contributed by atoms with E-state index < -0.39 is 21.8 Å². The van der Waals surface area contributed by atoms with Crippen LogP contribution in [0.4, 0.5) is 10.1 Å². The van der Waals surface area contributed by atoms with Gasteiger partial charge in [0.25, 0.3) is 0 Å². The number of Topliss-reactive ketones (excluding diaryl/α,β-unsaturated/α-hetero) is 1. The Kier molecular flexibility index (Phi) is 8.80. The highest BCUT2D eigenvalue weighted by atomic mass is 32.2. The van der Waals surface area contributed by atoms with Gasteiger partial charge < -0.3 is 4.74 Å². The van der Waals surface area contributed by atoms with Crippen molar-refractivity contribution < 1.29 is 22.3 Å². The van der Waals surface area contributed by atoms with Crippen molar-refractivity contribution in [2.24, 2.45) is 11.3 Å². The second-order valence-electron chi connectivity index (χ2n) is 11.2. The van der Waals surface area contributed by atoms with E-state index in [-0.39, 0.29) is 24.0 Å². The maximum atomic E-state index is 14.4. The first-order chi connectivity index (χ1) is 16.7. The van der Waals surface area contributed by atoms with Crippen molar-refractivity contribution in [3.8, 4) is 5.88 Å². The normalized spacial score (nSPS) is 19.5. The lowest BCUT2D eigenvalue weighted by Crippen LogP contribution is -2.30. The first-order valence-electron chi connectivity index (χ1n) is 12.7. The Balaban J connectivity index is 1.63. The van der Waals surface area contributed by atoms with Crippen LogP contribution in [0.5, 0.6) is 5.88 Å². The minimum Gasteiger partial charge on any atom is -0.474 e. The highest BCUT2D eigenvalue weighted by Gasteiger charge is 2.31. The Morgan fingerprint density at radius 3 is 2.42 bits per heavy atom. The molecule has 1 fully saturated rings. The average Bonchev–Trinajstić information content (AvgIpc) is 2.78. The van der Waals surface area contributed by atoms with Crippen LogP contribution in [0.2, 0.25) is 0 Å². The van der Waals surface area contributed by atoms with Gasteiger partial charge in [-0.15, -0.1) is 0 Å². The molecule has 1 aromatic heterocycles. The van der Waals surface area contributed by atoms with Gasteiger partial charge >= 0.3 is 0 Å². The van der Waals surface area contributed by atoms with Crippen LogP contribution >= 0.6 is 0 Å². The quantitative estimate of drug-likeness (QED) is 0.428. The molecule has 1 aliphatic rings. The number of carbonyl (C=O) groups excluding carboxylic acids is 1. The monoisotopic (exact) mass is 518 g/mol. The van der Waals surface area contributed by atoms with Crippen LogP contribution in [0.1, 0.15) is 82.5 Å². The van der Waals surface area contributed by atoms with E-state index in [0.29, 0.717) is 29.2 Å². The molecule has 8 heteroatoms. The zero-order chi connectivity index (χ0) is 26.7. The number of ketones is 1. The van der Waals surface area contributed by atoms with Crippen LogP contribution < -0.4 is 9.46 Å². The minimum atomic E-state index is -3.59. The second kappa shape index (κ2) is 11.3. The summed E-state index contributed by atoms with van der Waals surface area (Å²) >= 11 is 0. The van der Waals surface area contributed by atoms with Crippen molar-refractivity contribution in [3.05, 3.63) is 53.0 Å². The van der Waals surface area contributed by atoms with Crippen LogP contribution in [0.15, 0.2) is 30.3 Å². The number of aromatic nitrogens is 1. The molecule has 1 aliphatic carbocycles. The van der Waals surface area contributed by atoms with Crippen molar-refractivity contribution in [3.63, 3.8) is 0 Å². The number of anilines is 1. The van der Waals surface area contributed by atoms with Crippen LogP contribution in [-0.4, -0.2) is 31.5 Å². The number of nitrogens with zero attached hydrogens (tertiary/aromatic N) is 1. The van der Waals surface area contributed by atoms with Crippen molar-refractivity contribution in [1.29, 1.82) is 0 Å². The largest absolute Gasteiger partial charge is 0.474 e. The number of rotatable bonds is 9. The highest BCUT2D eigenvalue weighted by molar-refractivity contribution is 7.92. The molecule has 3 rings (SSSR count). The fourth-order valence-electron chi connectivity index (χ4n) is 4.80. The molecule has 2 aromatic rings. The smallest absolute Gasteiger partial charge is 0.229 e. The summed E-state index contributed by atoms with van der Waals surface area (Å²) in [6.07, 6.45) is 6.13. The highest BCUT2D eigenvalue weighted by Crippen LogP contribution is 2.39. The molecule has 1 heterocycles. The van der Waals surface area contributed by atoms with E-state index in [1.165, 1.54) is 12.1 Å². The number of carbonyl (C=O) groups is 1. The SMILES string of the molecule is Cc1ccc(CCC(=O)C(C)c2ccc(NS(C)(=O)=O)c(F)c2)c(OC2CCC(C(C)(C)C)CC2)n1. The third-order valence-electron chi connectivity index (χ3n) is 7.17. The summed E-state index contributed by atoms with van der Waals surface area (Å²) in [5.41, 5.74) is 2.45. The van der Waals surface area contributed by atoms with Gasteiger partial charge in [-0.25, -0.2) is 17.8 Å². The molecular weight excluding hydrogens is 479 g/mol. The molecule has 1 aromatic carbocycles. The Hall–Kier alpha value is -2.48. The standard InChI is InChI=1S/C28H39FN2O4S/c1-18-7-8-20(27(30-18)35-23-13-11-22(12-14-23)28(3,4)5)10-16-26(32)19(2)21-9-15-25(24(29)17-21)31-36(6,33)34/h7-9,15,17,19,22-23,31H,10-14,16H2,1-6H3. The maximum absolute atomic E-state index is 14.4. The zero-order valence-electron chi connectivity index (χ0n) is 22.2. The number of nitrogens with one attached hydrogen (secondary N) is 1. The van der Waals surface area contributed by atoms with Gasteiger partial charge in [-0.05, 0) is 74.1 Å². The molecule has 0 saturated heterocycles. The zero-order valence-corrected chi connectivity index (χ0v) is 23.0. The molecule has 0 aliphatic heterocycles. The summed E-state index contributed by atoms with van der Waals surface area (Å²) in [5.74, 6) is 0.0363. The predicted octanol–water partition coefficient (Wildman–Crippen LogP) is 6.19. The van der Waals surface area contributed by atoms with E-state index in [9.17, 15) is 17.6 Å². The molecule has 0 spiro atoms. The van der Waals surface area contributed by atoms with Gasteiger partial charge in [0, 0.05) is 23.6 Å². The Bertz CT molecular complexity index is 1180. The van der Waals surface area contributed by atoms with Gasteiger partial charge in [0.05, 0.1) is 11.9 Å². The number of halogens is 1. The summed E-state index contributed by atoms with van der Waals surface area (Å²) in [7, 11) is -3.59. The van der Waals surface area contributed by atoms with Gasteiger partial charge in [-0.2, -0.15) is 0 Å². The van der Waals surface area contributed by atoms with Gasteiger partial charge in [-0.1, -0.05) is 39.8 Å². The van der Waals surface area contributed by atoms with Crippen LogP contribution in [-0.2, 0) is 21.2 Å². The number of hydrogen-bond acceptors (Lipinski definition) is 5. The number of hydrogen-bond donors (Lipinski definition) is 1. The summed E-state index contributed by atoms with van der Waals surface area (Å²) in [5, 5.41) is 0. The molecule has 0 bridgehead atoms. The number of aryl methyl sites for hydroxylation is 2. The van der Waals surface area contributed by atoms with Crippen molar-refractivity contribution >= 4 is 21.5 Å². The van der Waals surface area contributed by atoms with E-state index in [4.69, 9.17) is 4.74 Å². The lowest BCUT2D eigenvalue weighted by atomic mass is 9.72. The van der Waals surface area contributed by atoms with Gasteiger partial charge in [0.15, 0.2) is 0 Å². The van der Waals surface area contributed by atoms with Crippen LogP contribution in [0.3, 0.4) is 0 Å². The molecule has 1 unspecified atom stereocenters. The Labute approximate surface area is 215 Å². The van der Waals surface area contributed by atoms with E-state index in [2.05, 4.69) is 30.5 Å². The van der Waals surface area contributed by atoms with Crippen molar-refractivity contribution in [2.45, 2.75) is 85.2 Å². The predicted molar refractivity (Wildman–Crippen MR) is 141 cm³/mol. The van der Waals surface area contributed by atoms with E-state index in [1.54, 1.807) is 13.0 Å². The van der Waals surface area contributed by atoms with E-state index >= 15 is 0 Å². The molecule has 6 nitrogen and oxygen atoms in total. The number of benzene rings is 1. The molecule has 1 N–H and O–H groups in total. The summed E-state index contributed by atoms with van der Waals surface area (Å²) < 4.78 is 45.6. The summed E-state index contributed by atoms with van der Waals surface area (Å²) in [6, 6.07) is 8.04. The van der Waals surface area contributed by atoms with Crippen molar-refractivity contribution in [2.75, 3.05) is 11.0 Å². The molecule has 1 saturated carbocycles. The molecule has 36 heavy (non-hydrogen) atoms. The van der Waals surface area contributed by atoms with Crippen LogP contribution in [0.25, 0.3) is 0 Å². The van der Waals surface area contributed by atoms with E-state index in [0.717, 1.165) is 43.2 Å². The van der Waals surface area contributed by atoms with Gasteiger partial charge in [0.2, 0.25) is 15.9 Å². The fraction of sp³-hybridized carbons (Fsp3) is 0.571. The van der Waals surface area contributed by atoms with Crippen LogP contribution in [0, 0.1) is 24.1 Å². The molecule has 198 valence electrons. The first-order valence-corrected chi connectivity index (χ1v) is 14.5. The summed E-state index contributed by atoms with van der Waals surface area (Å²) in [4.78, 5) is 17.6. The lowest BCUT2D eigenvalue weighted by Gasteiger charge is -2.37. The Morgan fingerprint density at radius 1 is 1.17 bits per heavy atom. The molecule has 0 radical (unpaired) electrons. The third kappa shape index (κ3) is 7.76. The second-order valence-corrected chi connectivity index (χ2v) is 12.9. The minimum absolute atomic E-state index is 0.0320. The summed E-state index contributed by atoms with van der Waals surface area (Å²) in [6.45, 7) is 10.6. The molecule has 0 amide bonds. The van der Waals surface area contributed by atoms with Crippen molar-refractivity contribution in [1.82, 2.24) is 4.98 Å². The molecular formula is C28H39FN2O4S. The maximum Gasteiger partial charge on any atom is 0.229 e. The third-order valence-corrected chi connectivity index (χ3v) is 7.76. The van der Waals surface area contributed by atoms with Gasteiger partial charge in [0.1, 0.15) is 17.7 Å². The number of pyridine rings is 1. The number of ether oxygens (including phenoxy) is 1.